The average molecular weight is 279 g/mol. The SMILES string of the molecule is Clc1cc(CC2CCCCN2)cc(Cl)c1Cl. The Kier molecular flexibility index (Phi) is 4.37. The molecule has 4 heteroatoms. The van der Waals surface area contributed by atoms with Crippen LogP contribution in [-0.2, 0) is 6.42 Å². The van der Waals surface area contributed by atoms with E-state index in [0.29, 0.717) is 21.1 Å². The largest absolute Gasteiger partial charge is 0.314 e. The predicted molar refractivity (Wildman–Crippen MR) is 70.8 cm³/mol. The van der Waals surface area contributed by atoms with Crippen LogP contribution in [0, 0.1) is 0 Å². The maximum atomic E-state index is 6.00. The van der Waals surface area contributed by atoms with E-state index in [4.69, 9.17) is 34.8 Å². The maximum absolute atomic E-state index is 6.00. The lowest BCUT2D eigenvalue weighted by Crippen LogP contribution is -2.35. The Bertz CT molecular complexity index is 350. The second kappa shape index (κ2) is 5.59. The Morgan fingerprint density at radius 2 is 1.81 bits per heavy atom. The third-order valence-corrected chi connectivity index (χ3v) is 4.13. The van der Waals surface area contributed by atoms with Gasteiger partial charge in [0.05, 0.1) is 15.1 Å². The number of hydrogen-bond acceptors (Lipinski definition) is 1. The van der Waals surface area contributed by atoms with Crippen molar-refractivity contribution < 1.29 is 0 Å². The van der Waals surface area contributed by atoms with E-state index in [1.54, 1.807) is 0 Å². The number of nitrogens with one attached hydrogen (secondary N) is 1. The van der Waals surface area contributed by atoms with Crippen LogP contribution in [0.25, 0.3) is 0 Å². The molecule has 88 valence electrons. The summed E-state index contributed by atoms with van der Waals surface area (Å²) in [6.07, 6.45) is 4.76. The van der Waals surface area contributed by atoms with E-state index in [0.717, 1.165) is 18.5 Å². The molecule has 0 spiro atoms. The van der Waals surface area contributed by atoms with Crippen molar-refractivity contribution in [1.82, 2.24) is 5.32 Å². The molecule has 1 fully saturated rings. The average Bonchev–Trinajstić information content (AvgIpc) is 2.27. The van der Waals surface area contributed by atoms with Gasteiger partial charge in [0.25, 0.3) is 0 Å². The van der Waals surface area contributed by atoms with Gasteiger partial charge in [-0.25, -0.2) is 0 Å². The zero-order valence-electron chi connectivity index (χ0n) is 8.90. The van der Waals surface area contributed by atoms with Crippen molar-refractivity contribution in [1.29, 1.82) is 0 Å². The van der Waals surface area contributed by atoms with E-state index < -0.39 is 0 Å². The quantitative estimate of drug-likeness (QED) is 0.794. The van der Waals surface area contributed by atoms with Crippen LogP contribution in [0.1, 0.15) is 24.8 Å². The molecule has 1 aromatic carbocycles. The van der Waals surface area contributed by atoms with Gasteiger partial charge >= 0.3 is 0 Å². The number of rotatable bonds is 2. The number of hydrogen-bond donors (Lipinski definition) is 1. The molecule has 1 aliphatic heterocycles. The summed E-state index contributed by atoms with van der Waals surface area (Å²) in [5.74, 6) is 0. The highest BCUT2D eigenvalue weighted by Crippen LogP contribution is 2.31. The fraction of sp³-hybridized carbons (Fsp3) is 0.500. The molecule has 1 N–H and O–H groups in total. The first-order chi connectivity index (χ1) is 7.66. The van der Waals surface area contributed by atoms with E-state index in [1.165, 1.54) is 19.3 Å². The molecule has 1 nitrogen and oxygen atoms in total. The van der Waals surface area contributed by atoms with Crippen molar-refractivity contribution >= 4 is 34.8 Å². The van der Waals surface area contributed by atoms with Gasteiger partial charge in [0.1, 0.15) is 0 Å². The Labute approximate surface area is 111 Å². The summed E-state index contributed by atoms with van der Waals surface area (Å²) < 4.78 is 0. The molecule has 0 radical (unpaired) electrons. The number of halogens is 3. The van der Waals surface area contributed by atoms with E-state index >= 15 is 0 Å². The summed E-state index contributed by atoms with van der Waals surface area (Å²) in [5, 5.41) is 5.03. The molecule has 16 heavy (non-hydrogen) atoms. The highest BCUT2D eigenvalue weighted by atomic mass is 35.5. The summed E-state index contributed by atoms with van der Waals surface area (Å²) >= 11 is 17.9. The maximum Gasteiger partial charge on any atom is 0.0778 e. The zero-order chi connectivity index (χ0) is 11.5. The smallest absolute Gasteiger partial charge is 0.0778 e. The first-order valence-electron chi connectivity index (χ1n) is 5.53. The topological polar surface area (TPSA) is 12.0 Å². The first kappa shape index (κ1) is 12.5. The standard InChI is InChI=1S/C12H14Cl3N/c13-10-6-8(7-11(14)12(10)15)5-9-3-1-2-4-16-9/h6-7,9,16H,1-5H2. The van der Waals surface area contributed by atoms with Crippen LogP contribution in [0.5, 0.6) is 0 Å². The van der Waals surface area contributed by atoms with Gasteiger partial charge in [0, 0.05) is 6.04 Å². The molecule has 2 rings (SSSR count). The molecule has 1 aliphatic rings. The molecular weight excluding hydrogens is 264 g/mol. The third kappa shape index (κ3) is 3.04. The number of piperidine rings is 1. The summed E-state index contributed by atoms with van der Waals surface area (Å²) in [4.78, 5) is 0. The zero-order valence-corrected chi connectivity index (χ0v) is 11.2. The minimum atomic E-state index is 0.448. The Balaban J connectivity index is 2.09. The van der Waals surface area contributed by atoms with Gasteiger partial charge < -0.3 is 5.32 Å². The molecule has 0 aliphatic carbocycles. The van der Waals surface area contributed by atoms with Gasteiger partial charge in [-0.2, -0.15) is 0 Å². The van der Waals surface area contributed by atoms with Crippen molar-refractivity contribution in [3.05, 3.63) is 32.8 Å². The highest BCUT2D eigenvalue weighted by molar-refractivity contribution is 6.48. The second-order valence-electron chi connectivity index (χ2n) is 4.22. The minimum Gasteiger partial charge on any atom is -0.314 e. The Morgan fingerprint density at radius 3 is 2.38 bits per heavy atom. The molecule has 0 amide bonds. The molecule has 1 atom stereocenters. The second-order valence-corrected chi connectivity index (χ2v) is 5.42. The van der Waals surface area contributed by atoms with Crippen molar-refractivity contribution in [3.63, 3.8) is 0 Å². The molecule has 0 aromatic heterocycles. The lowest BCUT2D eigenvalue weighted by Gasteiger charge is -2.23. The van der Waals surface area contributed by atoms with Crippen molar-refractivity contribution in [2.24, 2.45) is 0 Å². The van der Waals surface area contributed by atoms with Crippen LogP contribution in [0.3, 0.4) is 0 Å². The van der Waals surface area contributed by atoms with Gasteiger partial charge in [0.2, 0.25) is 0 Å². The van der Waals surface area contributed by atoms with Crippen molar-refractivity contribution in [2.75, 3.05) is 6.54 Å². The molecule has 1 unspecified atom stereocenters. The Morgan fingerprint density at radius 1 is 1.12 bits per heavy atom. The minimum absolute atomic E-state index is 0.448. The fourth-order valence-electron chi connectivity index (χ4n) is 2.11. The summed E-state index contributed by atoms with van der Waals surface area (Å²) in [6.45, 7) is 1.11. The van der Waals surface area contributed by atoms with Crippen LogP contribution >= 0.6 is 34.8 Å². The molecular formula is C12H14Cl3N. The van der Waals surface area contributed by atoms with Gasteiger partial charge in [-0.3, -0.25) is 0 Å². The molecule has 1 heterocycles. The van der Waals surface area contributed by atoms with Crippen LogP contribution in [0.4, 0.5) is 0 Å². The lowest BCUT2D eigenvalue weighted by molar-refractivity contribution is 0.399. The molecule has 1 saturated heterocycles. The summed E-state index contributed by atoms with van der Waals surface area (Å²) in [7, 11) is 0. The molecule has 1 aromatic rings. The van der Waals surface area contributed by atoms with Gasteiger partial charge in [0.15, 0.2) is 0 Å². The normalized spacial score (nSPS) is 21.1. The van der Waals surface area contributed by atoms with Crippen LogP contribution in [-0.4, -0.2) is 12.6 Å². The van der Waals surface area contributed by atoms with Crippen LogP contribution in [0.2, 0.25) is 15.1 Å². The van der Waals surface area contributed by atoms with Gasteiger partial charge in [-0.1, -0.05) is 41.2 Å². The van der Waals surface area contributed by atoms with E-state index in [-0.39, 0.29) is 0 Å². The van der Waals surface area contributed by atoms with Crippen LogP contribution in [0.15, 0.2) is 12.1 Å². The lowest BCUT2D eigenvalue weighted by atomic mass is 9.98. The van der Waals surface area contributed by atoms with Crippen molar-refractivity contribution in [2.45, 2.75) is 31.7 Å². The fourth-order valence-corrected chi connectivity index (χ4v) is 2.75. The Hall–Kier alpha value is 0.0500. The molecule has 0 bridgehead atoms. The summed E-state index contributed by atoms with van der Waals surface area (Å²) in [5.41, 5.74) is 1.15. The molecule has 0 saturated carbocycles. The van der Waals surface area contributed by atoms with E-state index in [9.17, 15) is 0 Å². The summed E-state index contributed by atoms with van der Waals surface area (Å²) in [6, 6.07) is 4.36. The first-order valence-corrected chi connectivity index (χ1v) is 6.67. The van der Waals surface area contributed by atoms with E-state index in [2.05, 4.69) is 5.32 Å². The van der Waals surface area contributed by atoms with Gasteiger partial charge in [-0.15, -0.1) is 0 Å². The van der Waals surface area contributed by atoms with Crippen molar-refractivity contribution in [3.8, 4) is 0 Å². The van der Waals surface area contributed by atoms with Crippen LogP contribution < -0.4 is 5.32 Å². The van der Waals surface area contributed by atoms with Gasteiger partial charge in [-0.05, 0) is 43.5 Å². The third-order valence-electron chi connectivity index (χ3n) is 2.94. The monoisotopic (exact) mass is 277 g/mol. The highest BCUT2D eigenvalue weighted by Gasteiger charge is 2.14. The predicted octanol–water partition coefficient (Wildman–Crippen LogP) is 4.33. The van der Waals surface area contributed by atoms with E-state index in [1.807, 2.05) is 12.1 Å². The number of benzene rings is 1.